The standard InChI is InChI=1S/C26H20/c1-2-8-19-14-15-20(23(19)11-3-1)16-17-26-24-12-6-4-9-21(24)18-22-10-5-7-13-25(22)26/h1-15,18H,16-17H2. The molecule has 0 heteroatoms. The van der Waals surface area contributed by atoms with Crippen molar-refractivity contribution in [2.45, 2.75) is 12.8 Å². The van der Waals surface area contributed by atoms with Gasteiger partial charge in [0.1, 0.15) is 0 Å². The topological polar surface area (TPSA) is 0 Å². The van der Waals surface area contributed by atoms with E-state index in [1.807, 2.05) is 0 Å². The van der Waals surface area contributed by atoms with Gasteiger partial charge in [0.25, 0.3) is 0 Å². The Morgan fingerprint density at radius 3 is 1.92 bits per heavy atom. The maximum absolute atomic E-state index is 2.31. The van der Waals surface area contributed by atoms with Gasteiger partial charge in [0, 0.05) is 0 Å². The van der Waals surface area contributed by atoms with E-state index >= 15 is 0 Å². The largest absolute Gasteiger partial charge is 0.0622 e. The third kappa shape index (κ3) is 2.55. The number of hydrogen-bond donors (Lipinski definition) is 0. The molecule has 2 aliphatic carbocycles. The van der Waals surface area contributed by atoms with Crippen molar-refractivity contribution < 1.29 is 0 Å². The number of aryl methyl sites for hydroxylation is 2. The lowest BCUT2D eigenvalue weighted by Gasteiger charge is -2.12. The molecule has 0 aromatic heterocycles. The zero-order chi connectivity index (χ0) is 17.3. The van der Waals surface area contributed by atoms with Crippen LogP contribution in [0.3, 0.4) is 0 Å². The Morgan fingerprint density at radius 2 is 1.15 bits per heavy atom. The van der Waals surface area contributed by atoms with Crippen LogP contribution in [0.4, 0.5) is 0 Å². The minimum atomic E-state index is 1.06. The molecule has 0 heterocycles. The Balaban J connectivity index is 1.60. The molecule has 0 atom stereocenters. The lowest BCUT2D eigenvalue weighted by Crippen LogP contribution is -1.94. The van der Waals surface area contributed by atoms with Gasteiger partial charge in [0.05, 0.1) is 0 Å². The van der Waals surface area contributed by atoms with Gasteiger partial charge in [0.2, 0.25) is 0 Å². The molecule has 0 fully saturated rings. The maximum atomic E-state index is 2.31. The van der Waals surface area contributed by atoms with E-state index in [2.05, 4.69) is 97.1 Å². The molecule has 5 rings (SSSR count). The van der Waals surface area contributed by atoms with Crippen molar-refractivity contribution in [2.75, 3.05) is 0 Å². The summed E-state index contributed by atoms with van der Waals surface area (Å²) in [6, 6.07) is 35.2. The van der Waals surface area contributed by atoms with E-state index in [0.29, 0.717) is 0 Å². The molecule has 2 aliphatic rings. The minimum Gasteiger partial charge on any atom is -0.0622 e. The summed E-state index contributed by atoms with van der Waals surface area (Å²) in [5.74, 6) is 0. The van der Waals surface area contributed by atoms with Crippen LogP contribution in [-0.4, -0.2) is 0 Å². The number of benzene rings is 3. The van der Waals surface area contributed by atoms with E-state index in [1.165, 1.54) is 43.8 Å². The minimum absolute atomic E-state index is 1.06. The first-order valence-corrected chi connectivity index (χ1v) is 9.26. The monoisotopic (exact) mass is 332 g/mol. The fourth-order valence-corrected chi connectivity index (χ4v) is 4.13. The number of rotatable bonds is 3. The summed E-state index contributed by atoms with van der Waals surface area (Å²) in [7, 11) is 0. The van der Waals surface area contributed by atoms with E-state index in [1.54, 1.807) is 0 Å². The van der Waals surface area contributed by atoms with Crippen LogP contribution in [0, 0.1) is 0 Å². The van der Waals surface area contributed by atoms with Gasteiger partial charge >= 0.3 is 0 Å². The van der Waals surface area contributed by atoms with Crippen LogP contribution in [0.5, 0.6) is 0 Å². The Kier molecular flexibility index (Phi) is 3.68. The normalized spacial score (nSPS) is 11.4. The van der Waals surface area contributed by atoms with Crippen molar-refractivity contribution in [1.82, 2.24) is 0 Å². The molecule has 0 radical (unpaired) electrons. The molecular weight excluding hydrogens is 312 g/mol. The summed E-state index contributed by atoms with van der Waals surface area (Å²) in [6.07, 6.45) is 2.12. The summed E-state index contributed by atoms with van der Waals surface area (Å²) in [6.45, 7) is 0. The van der Waals surface area contributed by atoms with E-state index in [-0.39, 0.29) is 0 Å². The van der Waals surface area contributed by atoms with Crippen LogP contribution in [0.2, 0.25) is 0 Å². The van der Waals surface area contributed by atoms with E-state index in [9.17, 15) is 0 Å². The zero-order valence-corrected chi connectivity index (χ0v) is 14.7. The lowest BCUT2D eigenvalue weighted by atomic mass is 9.92. The summed E-state index contributed by atoms with van der Waals surface area (Å²) in [4.78, 5) is 0. The Bertz CT molecular complexity index is 1130. The second-order valence-corrected chi connectivity index (χ2v) is 6.94. The molecule has 0 unspecified atom stereocenters. The molecule has 3 aromatic carbocycles. The van der Waals surface area contributed by atoms with Gasteiger partial charge in [-0.25, -0.2) is 0 Å². The summed E-state index contributed by atoms with van der Waals surface area (Å²) in [5.41, 5.74) is 5.61. The Morgan fingerprint density at radius 1 is 0.500 bits per heavy atom. The lowest BCUT2D eigenvalue weighted by molar-refractivity contribution is 0.984. The van der Waals surface area contributed by atoms with E-state index < -0.39 is 0 Å². The van der Waals surface area contributed by atoms with Crippen molar-refractivity contribution in [3.05, 3.63) is 108 Å². The van der Waals surface area contributed by atoms with Crippen LogP contribution < -0.4 is 0 Å². The first-order valence-electron chi connectivity index (χ1n) is 9.26. The van der Waals surface area contributed by atoms with Crippen LogP contribution >= 0.6 is 0 Å². The van der Waals surface area contributed by atoms with Gasteiger partial charge in [-0.3, -0.25) is 0 Å². The van der Waals surface area contributed by atoms with Gasteiger partial charge in [-0.2, -0.15) is 0 Å². The van der Waals surface area contributed by atoms with Crippen molar-refractivity contribution in [2.24, 2.45) is 0 Å². The summed E-state index contributed by atoms with van der Waals surface area (Å²) in [5, 5.41) is 5.43. The average molecular weight is 332 g/mol. The fraction of sp³-hybridized carbons (Fsp3) is 0.0769. The third-order valence-corrected chi connectivity index (χ3v) is 5.41. The van der Waals surface area contributed by atoms with Crippen molar-refractivity contribution in [1.29, 1.82) is 0 Å². The van der Waals surface area contributed by atoms with Crippen molar-refractivity contribution in [3.8, 4) is 11.1 Å². The molecule has 3 aromatic rings. The number of fused-ring (bicyclic) bond motifs is 3. The summed E-state index contributed by atoms with van der Waals surface area (Å²) >= 11 is 0. The smallest absolute Gasteiger partial charge is 0.0145 e. The van der Waals surface area contributed by atoms with Crippen LogP contribution in [0.15, 0.2) is 97.1 Å². The molecular formula is C26H20. The quantitative estimate of drug-likeness (QED) is 0.316. The first kappa shape index (κ1) is 15.2. The van der Waals surface area contributed by atoms with Crippen LogP contribution in [0.25, 0.3) is 32.7 Å². The second kappa shape index (κ2) is 6.31. The van der Waals surface area contributed by atoms with Crippen LogP contribution in [0.1, 0.15) is 11.1 Å². The van der Waals surface area contributed by atoms with Gasteiger partial charge in [-0.1, -0.05) is 91.0 Å². The third-order valence-electron chi connectivity index (χ3n) is 5.41. The van der Waals surface area contributed by atoms with Crippen LogP contribution in [-0.2, 0) is 12.8 Å². The Hall–Kier alpha value is -3.12. The van der Waals surface area contributed by atoms with E-state index in [4.69, 9.17) is 0 Å². The SMILES string of the molecule is c1ccc2ccc(CCc3c4ccccc4cc4ccccc34)c-2cc1. The maximum Gasteiger partial charge on any atom is -0.0145 e. The molecule has 0 nitrogen and oxygen atoms in total. The van der Waals surface area contributed by atoms with Crippen molar-refractivity contribution in [3.63, 3.8) is 0 Å². The highest BCUT2D eigenvalue weighted by Gasteiger charge is 2.11. The second-order valence-electron chi connectivity index (χ2n) is 6.94. The fourth-order valence-electron chi connectivity index (χ4n) is 4.13. The highest BCUT2D eigenvalue weighted by Crippen LogP contribution is 2.32. The van der Waals surface area contributed by atoms with Gasteiger partial charge in [0.15, 0.2) is 0 Å². The highest BCUT2D eigenvalue weighted by molar-refractivity contribution is 6.02. The first-order chi connectivity index (χ1) is 12.9. The average Bonchev–Trinajstić information content (AvgIpc) is 2.91. The molecule has 0 bridgehead atoms. The predicted molar refractivity (Wildman–Crippen MR) is 112 cm³/mol. The van der Waals surface area contributed by atoms with Gasteiger partial charge < -0.3 is 0 Å². The Labute approximate surface area is 154 Å². The molecule has 124 valence electrons. The summed E-state index contributed by atoms with van der Waals surface area (Å²) < 4.78 is 0. The molecule has 0 N–H and O–H groups in total. The number of hydrogen-bond acceptors (Lipinski definition) is 0. The molecule has 0 saturated heterocycles. The molecule has 0 amide bonds. The molecule has 0 saturated carbocycles. The molecule has 26 heavy (non-hydrogen) atoms. The van der Waals surface area contributed by atoms with Gasteiger partial charge in [-0.05, 0) is 62.7 Å². The highest BCUT2D eigenvalue weighted by atomic mass is 14.2. The zero-order valence-electron chi connectivity index (χ0n) is 14.7. The predicted octanol–water partition coefficient (Wildman–Crippen LogP) is 6.88. The van der Waals surface area contributed by atoms with E-state index in [0.717, 1.165) is 12.8 Å². The van der Waals surface area contributed by atoms with Gasteiger partial charge in [-0.15, -0.1) is 0 Å². The molecule has 0 spiro atoms. The van der Waals surface area contributed by atoms with Crippen molar-refractivity contribution >= 4 is 21.5 Å². The molecule has 0 aliphatic heterocycles.